The molecule has 3 heterocycles. The summed E-state index contributed by atoms with van der Waals surface area (Å²) in [6.07, 6.45) is 5.24. The van der Waals surface area contributed by atoms with Gasteiger partial charge in [-0.3, -0.25) is 14.6 Å². The van der Waals surface area contributed by atoms with Gasteiger partial charge in [0.2, 0.25) is 0 Å². The molecule has 26 heavy (non-hydrogen) atoms. The molecule has 2 N–H and O–H groups in total. The number of benzene rings is 1. The largest absolute Gasteiger partial charge is 0.481 e. The molecule has 0 saturated carbocycles. The van der Waals surface area contributed by atoms with Crippen molar-refractivity contribution in [3.05, 3.63) is 35.4 Å². The second kappa shape index (κ2) is 7.67. The predicted octanol–water partition coefficient (Wildman–Crippen LogP) is 1.98. The lowest BCUT2D eigenvalue weighted by molar-refractivity contribution is -0.136. The van der Waals surface area contributed by atoms with E-state index in [9.17, 15) is 9.90 Å². The molecule has 2 bridgehead atoms. The van der Waals surface area contributed by atoms with Crippen LogP contribution in [0.5, 0.6) is 0 Å². The van der Waals surface area contributed by atoms with Crippen molar-refractivity contribution in [2.24, 2.45) is 11.8 Å². The summed E-state index contributed by atoms with van der Waals surface area (Å²) >= 11 is 0. The van der Waals surface area contributed by atoms with Crippen LogP contribution in [0.1, 0.15) is 36.8 Å². The van der Waals surface area contributed by atoms with Crippen molar-refractivity contribution in [2.75, 3.05) is 26.2 Å². The van der Waals surface area contributed by atoms with Crippen LogP contribution in [-0.4, -0.2) is 64.3 Å². The Bertz CT molecular complexity index is 619. The molecule has 5 heteroatoms. The van der Waals surface area contributed by atoms with Gasteiger partial charge < -0.3 is 10.2 Å². The number of fused-ring (bicyclic) bond motifs is 4. The van der Waals surface area contributed by atoms with Crippen molar-refractivity contribution in [1.29, 1.82) is 0 Å². The minimum Gasteiger partial charge on any atom is -0.481 e. The number of aliphatic hydroxyl groups is 1. The standard InChI is InChI=1S/C21H30N2O3/c24-14-20-18-10-17(19-3-1-2-8-23(19)20)12-22(13-18)11-16-6-4-15(5-7-16)9-21(25)26/h4-7,17-20,24H,1-3,8-14H2,(H,25,26)/t17-,18+,19+,20+/m1/s1. The number of rotatable bonds is 5. The highest BCUT2D eigenvalue weighted by molar-refractivity contribution is 5.70. The minimum absolute atomic E-state index is 0.0871. The van der Waals surface area contributed by atoms with Crippen molar-refractivity contribution < 1.29 is 15.0 Å². The van der Waals surface area contributed by atoms with Gasteiger partial charge in [0, 0.05) is 31.7 Å². The van der Waals surface area contributed by atoms with E-state index in [0.717, 1.165) is 37.7 Å². The fourth-order valence-electron chi connectivity index (χ4n) is 5.58. The van der Waals surface area contributed by atoms with Crippen molar-refractivity contribution >= 4 is 5.97 Å². The molecule has 4 rings (SSSR count). The molecule has 0 aliphatic carbocycles. The predicted molar refractivity (Wildman–Crippen MR) is 99.9 cm³/mol. The van der Waals surface area contributed by atoms with Crippen LogP contribution in [0.4, 0.5) is 0 Å². The highest BCUT2D eigenvalue weighted by Gasteiger charge is 2.46. The van der Waals surface area contributed by atoms with Crippen LogP contribution in [0, 0.1) is 11.8 Å². The fraction of sp³-hybridized carbons (Fsp3) is 0.667. The molecule has 0 unspecified atom stereocenters. The summed E-state index contributed by atoms with van der Waals surface area (Å²) in [5, 5.41) is 18.9. The summed E-state index contributed by atoms with van der Waals surface area (Å²) in [5.41, 5.74) is 2.11. The Morgan fingerprint density at radius 1 is 1.08 bits per heavy atom. The van der Waals surface area contributed by atoms with Gasteiger partial charge in [0.05, 0.1) is 13.0 Å². The third-order valence-electron chi connectivity index (χ3n) is 6.67. The van der Waals surface area contributed by atoms with Crippen LogP contribution in [0.2, 0.25) is 0 Å². The van der Waals surface area contributed by atoms with E-state index < -0.39 is 5.97 Å². The molecule has 5 nitrogen and oxygen atoms in total. The van der Waals surface area contributed by atoms with E-state index in [1.165, 1.54) is 31.2 Å². The van der Waals surface area contributed by atoms with Crippen LogP contribution in [-0.2, 0) is 17.8 Å². The monoisotopic (exact) mass is 358 g/mol. The first-order valence-corrected chi connectivity index (χ1v) is 10.0. The third-order valence-corrected chi connectivity index (χ3v) is 6.67. The van der Waals surface area contributed by atoms with E-state index in [4.69, 9.17) is 5.11 Å². The first-order valence-electron chi connectivity index (χ1n) is 10.0. The van der Waals surface area contributed by atoms with E-state index in [0.29, 0.717) is 18.0 Å². The summed E-state index contributed by atoms with van der Waals surface area (Å²) in [7, 11) is 0. The van der Waals surface area contributed by atoms with E-state index >= 15 is 0 Å². The highest BCUT2D eigenvalue weighted by atomic mass is 16.4. The van der Waals surface area contributed by atoms with Gasteiger partial charge in [0.15, 0.2) is 0 Å². The normalized spacial score (nSPS) is 32.2. The molecule has 3 saturated heterocycles. The number of nitrogens with zero attached hydrogens (tertiary/aromatic N) is 2. The molecule has 0 amide bonds. The number of aliphatic carboxylic acids is 1. The molecule has 142 valence electrons. The molecule has 4 atom stereocenters. The number of piperidine rings is 3. The number of hydrogen-bond acceptors (Lipinski definition) is 4. The number of aliphatic hydroxyl groups excluding tert-OH is 1. The van der Waals surface area contributed by atoms with Gasteiger partial charge in [0.25, 0.3) is 0 Å². The molecule has 1 aromatic carbocycles. The second-order valence-corrected chi connectivity index (χ2v) is 8.39. The number of carbonyl (C=O) groups is 1. The number of likely N-dealkylation sites (tertiary alicyclic amines) is 1. The summed E-state index contributed by atoms with van der Waals surface area (Å²) in [6, 6.07) is 8.99. The average molecular weight is 358 g/mol. The Hall–Kier alpha value is -1.43. The number of hydrogen-bond donors (Lipinski definition) is 2. The summed E-state index contributed by atoms with van der Waals surface area (Å²) in [6.45, 7) is 4.57. The fourth-order valence-corrected chi connectivity index (χ4v) is 5.58. The topological polar surface area (TPSA) is 64.0 Å². The van der Waals surface area contributed by atoms with Crippen LogP contribution < -0.4 is 0 Å². The Labute approximate surface area is 155 Å². The smallest absolute Gasteiger partial charge is 0.307 e. The molecular formula is C21H30N2O3. The van der Waals surface area contributed by atoms with Crippen LogP contribution >= 0.6 is 0 Å². The quantitative estimate of drug-likeness (QED) is 0.843. The Morgan fingerprint density at radius 2 is 1.81 bits per heavy atom. The van der Waals surface area contributed by atoms with Crippen LogP contribution in [0.25, 0.3) is 0 Å². The number of carboxylic acids is 1. The molecule has 3 aliphatic rings. The molecule has 1 aromatic rings. The molecule has 0 aromatic heterocycles. The highest BCUT2D eigenvalue weighted by Crippen LogP contribution is 2.41. The van der Waals surface area contributed by atoms with Gasteiger partial charge in [-0.15, -0.1) is 0 Å². The van der Waals surface area contributed by atoms with Gasteiger partial charge in [-0.05, 0) is 48.8 Å². The van der Waals surface area contributed by atoms with Gasteiger partial charge >= 0.3 is 5.97 Å². The van der Waals surface area contributed by atoms with E-state index in [1.54, 1.807) is 0 Å². The van der Waals surface area contributed by atoms with Crippen molar-refractivity contribution in [3.63, 3.8) is 0 Å². The summed E-state index contributed by atoms with van der Waals surface area (Å²) in [4.78, 5) is 16.0. The lowest BCUT2D eigenvalue weighted by Crippen LogP contribution is -2.64. The van der Waals surface area contributed by atoms with Gasteiger partial charge in [-0.25, -0.2) is 0 Å². The molecular weight excluding hydrogens is 328 g/mol. The molecule has 0 radical (unpaired) electrons. The molecule has 3 aliphatic heterocycles. The maximum absolute atomic E-state index is 10.8. The van der Waals surface area contributed by atoms with Gasteiger partial charge in [-0.2, -0.15) is 0 Å². The lowest BCUT2D eigenvalue weighted by atomic mass is 9.72. The summed E-state index contributed by atoms with van der Waals surface area (Å²) in [5.74, 6) is 0.510. The third kappa shape index (κ3) is 3.66. The Morgan fingerprint density at radius 3 is 2.54 bits per heavy atom. The van der Waals surface area contributed by atoms with Crippen LogP contribution in [0.3, 0.4) is 0 Å². The molecule has 0 spiro atoms. The zero-order valence-electron chi connectivity index (χ0n) is 15.4. The second-order valence-electron chi connectivity index (χ2n) is 8.39. The van der Waals surface area contributed by atoms with E-state index in [2.05, 4.69) is 21.9 Å². The Balaban J connectivity index is 1.43. The SMILES string of the molecule is O=C(O)Cc1ccc(CN2C[C@H]3C[C@@H](C2)[C@H](CO)N2CCCC[C@@H]32)cc1. The van der Waals surface area contributed by atoms with Crippen molar-refractivity contribution in [2.45, 2.75) is 50.7 Å². The van der Waals surface area contributed by atoms with E-state index in [-0.39, 0.29) is 13.0 Å². The first-order chi connectivity index (χ1) is 12.6. The summed E-state index contributed by atoms with van der Waals surface area (Å²) < 4.78 is 0. The average Bonchev–Trinajstić information content (AvgIpc) is 2.63. The number of carboxylic acid groups (broad SMARTS) is 1. The lowest BCUT2D eigenvalue weighted by Gasteiger charge is -2.56. The van der Waals surface area contributed by atoms with E-state index in [1.807, 2.05) is 12.1 Å². The first kappa shape index (κ1) is 18.0. The zero-order chi connectivity index (χ0) is 18.1. The minimum atomic E-state index is -0.784. The van der Waals surface area contributed by atoms with Crippen molar-refractivity contribution in [3.8, 4) is 0 Å². The zero-order valence-corrected chi connectivity index (χ0v) is 15.4. The van der Waals surface area contributed by atoms with Gasteiger partial charge in [0.1, 0.15) is 0 Å². The van der Waals surface area contributed by atoms with Gasteiger partial charge in [-0.1, -0.05) is 30.7 Å². The van der Waals surface area contributed by atoms with Crippen LogP contribution in [0.15, 0.2) is 24.3 Å². The maximum Gasteiger partial charge on any atom is 0.307 e. The van der Waals surface area contributed by atoms with Crippen molar-refractivity contribution in [1.82, 2.24) is 9.80 Å². The molecule has 3 fully saturated rings. The maximum atomic E-state index is 10.8. The Kier molecular flexibility index (Phi) is 5.30.